The Bertz CT molecular complexity index is 1220. The molecule has 13 heteroatoms. The van der Waals surface area contributed by atoms with Crippen LogP contribution in [0.5, 0.6) is 5.75 Å². The Morgan fingerprint density at radius 1 is 1.21 bits per heavy atom. The lowest BCUT2D eigenvalue weighted by atomic mass is 9.99. The van der Waals surface area contributed by atoms with Crippen molar-refractivity contribution < 1.29 is 37.0 Å². The number of hydrogen-bond donors (Lipinski definition) is 1. The number of methoxy groups -OCH3 is 2. The SMILES string of the molecule is COCCC(C(=O)O)n1cc(OC)c(-c2cc(Cl)ccc2-c2nnc(C(F)(F)F)o2)cc1=O. The van der Waals surface area contributed by atoms with Gasteiger partial charge in [-0.1, -0.05) is 11.6 Å². The van der Waals surface area contributed by atoms with Crippen molar-refractivity contribution in [1.82, 2.24) is 14.8 Å². The van der Waals surface area contributed by atoms with Crippen LogP contribution in [-0.2, 0) is 15.7 Å². The second-order valence-electron chi connectivity index (χ2n) is 6.74. The van der Waals surface area contributed by atoms with Gasteiger partial charge in [0.25, 0.3) is 5.56 Å². The smallest absolute Gasteiger partial charge is 0.470 e. The molecule has 2 heterocycles. The van der Waals surface area contributed by atoms with Gasteiger partial charge >= 0.3 is 18.0 Å². The minimum Gasteiger partial charge on any atom is -0.495 e. The number of alkyl halides is 3. The van der Waals surface area contributed by atoms with E-state index in [1.807, 2.05) is 0 Å². The first-order chi connectivity index (χ1) is 15.6. The third-order valence-corrected chi connectivity index (χ3v) is 4.89. The van der Waals surface area contributed by atoms with Gasteiger partial charge in [0.1, 0.15) is 11.8 Å². The largest absolute Gasteiger partial charge is 0.495 e. The van der Waals surface area contributed by atoms with Gasteiger partial charge in [0.2, 0.25) is 5.89 Å². The highest BCUT2D eigenvalue weighted by Crippen LogP contribution is 2.39. The second-order valence-corrected chi connectivity index (χ2v) is 7.17. The Hall–Kier alpha value is -3.38. The molecule has 1 N–H and O–H groups in total. The summed E-state index contributed by atoms with van der Waals surface area (Å²) in [5, 5.41) is 16.2. The van der Waals surface area contributed by atoms with Crippen molar-refractivity contribution in [1.29, 1.82) is 0 Å². The molecule has 176 valence electrons. The third-order valence-electron chi connectivity index (χ3n) is 4.65. The molecule has 0 fully saturated rings. The highest BCUT2D eigenvalue weighted by Gasteiger charge is 2.38. The lowest BCUT2D eigenvalue weighted by Crippen LogP contribution is -2.30. The summed E-state index contributed by atoms with van der Waals surface area (Å²) in [6.45, 7) is 0.0879. The van der Waals surface area contributed by atoms with Crippen LogP contribution >= 0.6 is 11.6 Å². The molecule has 0 radical (unpaired) electrons. The summed E-state index contributed by atoms with van der Waals surface area (Å²) in [5.74, 6) is -3.18. The van der Waals surface area contributed by atoms with E-state index in [9.17, 15) is 27.9 Å². The Balaban J connectivity index is 2.18. The zero-order valence-electron chi connectivity index (χ0n) is 17.2. The van der Waals surface area contributed by atoms with Gasteiger partial charge in [0.05, 0.1) is 13.3 Å². The Kier molecular flexibility index (Phi) is 7.08. The van der Waals surface area contributed by atoms with Gasteiger partial charge in [-0.3, -0.25) is 9.36 Å². The zero-order chi connectivity index (χ0) is 24.3. The normalized spacial score (nSPS) is 12.5. The number of halogens is 4. The fourth-order valence-corrected chi connectivity index (χ4v) is 3.30. The fraction of sp³-hybridized carbons (Fsp3) is 0.300. The van der Waals surface area contributed by atoms with Gasteiger partial charge in [-0.15, -0.1) is 10.2 Å². The number of carboxylic acids is 1. The maximum atomic E-state index is 12.9. The summed E-state index contributed by atoms with van der Waals surface area (Å²) in [6.07, 6.45) is -3.63. The van der Waals surface area contributed by atoms with Crippen LogP contribution in [0.1, 0.15) is 18.4 Å². The highest BCUT2D eigenvalue weighted by atomic mass is 35.5. The number of ether oxygens (including phenoxy) is 2. The summed E-state index contributed by atoms with van der Waals surface area (Å²) in [5.41, 5.74) is -0.322. The molecule has 0 aliphatic carbocycles. The van der Waals surface area contributed by atoms with Crippen LogP contribution < -0.4 is 10.3 Å². The predicted molar refractivity (Wildman–Crippen MR) is 109 cm³/mol. The number of hydrogen-bond acceptors (Lipinski definition) is 7. The molecule has 0 bridgehead atoms. The first-order valence-electron chi connectivity index (χ1n) is 9.29. The molecule has 1 atom stereocenters. The molecular formula is C20H17ClF3N3O6. The van der Waals surface area contributed by atoms with Gasteiger partial charge in [0.15, 0.2) is 0 Å². The van der Waals surface area contributed by atoms with Crippen LogP contribution in [0.2, 0.25) is 5.02 Å². The molecule has 0 amide bonds. The van der Waals surface area contributed by atoms with Crippen LogP contribution in [0.4, 0.5) is 13.2 Å². The maximum absolute atomic E-state index is 12.9. The quantitative estimate of drug-likeness (QED) is 0.508. The van der Waals surface area contributed by atoms with Gasteiger partial charge in [-0.05, 0) is 23.8 Å². The number of benzene rings is 1. The first-order valence-corrected chi connectivity index (χ1v) is 9.67. The highest BCUT2D eigenvalue weighted by molar-refractivity contribution is 6.31. The minimum atomic E-state index is -4.84. The van der Waals surface area contributed by atoms with E-state index in [0.717, 1.165) is 10.6 Å². The summed E-state index contributed by atoms with van der Waals surface area (Å²) in [7, 11) is 2.69. The number of nitrogens with zero attached hydrogens (tertiary/aromatic N) is 3. The van der Waals surface area contributed by atoms with Crippen molar-refractivity contribution in [3.05, 3.63) is 51.7 Å². The van der Waals surface area contributed by atoms with Crippen molar-refractivity contribution in [3.8, 4) is 28.3 Å². The molecular weight excluding hydrogens is 471 g/mol. The van der Waals surface area contributed by atoms with Gasteiger partial charge in [0, 0.05) is 42.4 Å². The fourth-order valence-electron chi connectivity index (χ4n) is 3.13. The van der Waals surface area contributed by atoms with Crippen molar-refractivity contribution in [2.75, 3.05) is 20.8 Å². The van der Waals surface area contributed by atoms with E-state index >= 15 is 0 Å². The van der Waals surface area contributed by atoms with Crippen LogP contribution in [-0.4, -0.2) is 46.7 Å². The predicted octanol–water partition coefficient (Wildman–Crippen LogP) is 3.91. The standard InChI is InChI=1S/C20H17ClF3N3O6/c1-31-6-5-14(18(29)30)27-9-15(32-2)13(8-16(27)28)12-7-10(21)3-4-11(12)17-25-26-19(33-17)20(22,23)24/h3-4,7-9,14H,5-6H2,1-2H3,(H,29,30). The number of aromatic nitrogens is 3. The number of pyridine rings is 1. The Labute approximate surface area is 189 Å². The van der Waals surface area contributed by atoms with Gasteiger partial charge < -0.3 is 19.0 Å². The summed E-state index contributed by atoms with van der Waals surface area (Å²) < 4.78 is 54.7. The van der Waals surface area contributed by atoms with Crippen LogP contribution in [0.15, 0.2) is 39.7 Å². The summed E-state index contributed by atoms with van der Waals surface area (Å²) in [6, 6.07) is 4.00. The lowest BCUT2D eigenvalue weighted by molar-refractivity contribution is -0.157. The molecule has 0 spiro atoms. The van der Waals surface area contributed by atoms with Crippen molar-refractivity contribution in [2.24, 2.45) is 0 Å². The molecule has 3 rings (SSSR count). The minimum absolute atomic E-state index is 0.0128. The molecule has 0 saturated heterocycles. The molecule has 0 aliphatic heterocycles. The third kappa shape index (κ3) is 5.17. The molecule has 1 aromatic carbocycles. The van der Waals surface area contributed by atoms with Crippen molar-refractivity contribution >= 4 is 17.6 Å². The molecule has 33 heavy (non-hydrogen) atoms. The van der Waals surface area contributed by atoms with E-state index in [4.69, 9.17) is 25.5 Å². The lowest BCUT2D eigenvalue weighted by Gasteiger charge is -2.18. The van der Waals surface area contributed by atoms with Crippen molar-refractivity contribution in [3.63, 3.8) is 0 Å². The monoisotopic (exact) mass is 487 g/mol. The average molecular weight is 488 g/mol. The maximum Gasteiger partial charge on any atom is 0.470 e. The zero-order valence-corrected chi connectivity index (χ0v) is 18.0. The van der Waals surface area contributed by atoms with Crippen LogP contribution in [0.25, 0.3) is 22.6 Å². The van der Waals surface area contributed by atoms with E-state index in [1.54, 1.807) is 0 Å². The Morgan fingerprint density at radius 2 is 1.94 bits per heavy atom. The van der Waals surface area contributed by atoms with E-state index < -0.39 is 35.5 Å². The van der Waals surface area contributed by atoms with Crippen molar-refractivity contribution in [2.45, 2.75) is 18.6 Å². The molecule has 0 aliphatic rings. The number of carboxylic acid groups (broad SMARTS) is 1. The van der Waals surface area contributed by atoms with E-state index in [1.165, 1.54) is 38.6 Å². The van der Waals surface area contributed by atoms with E-state index in [-0.39, 0.29) is 40.5 Å². The summed E-state index contributed by atoms with van der Waals surface area (Å²) >= 11 is 6.09. The number of aliphatic carboxylic acids is 1. The van der Waals surface area contributed by atoms with Crippen LogP contribution in [0, 0.1) is 0 Å². The second kappa shape index (κ2) is 9.63. The first kappa shape index (κ1) is 24.3. The average Bonchev–Trinajstić information content (AvgIpc) is 3.25. The van der Waals surface area contributed by atoms with Gasteiger partial charge in [-0.2, -0.15) is 13.2 Å². The Morgan fingerprint density at radius 3 is 2.52 bits per heavy atom. The number of rotatable bonds is 8. The summed E-state index contributed by atoms with van der Waals surface area (Å²) in [4.78, 5) is 24.5. The van der Waals surface area contributed by atoms with Gasteiger partial charge in [-0.25, -0.2) is 4.79 Å². The molecule has 3 aromatic rings. The molecule has 1 unspecified atom stereocenters. The molecule has 0 saturated carbocycles. The van der Waals surface area contributed by atoms with E-state index in [2.05, 4.69) is 10.2 Å². The molecule has 2 aromatic heterocycles. The van der Waals surface area contributed by atoms with Crippen LogP contribution in [0.3, 0.4) is 0 Å². The van der Waals surface area contributed by atoms with E-state index in [0.29, 0.717) is 0 Å². The topological polar surface area (TPSA) is 117 Å². The number of carbonyl (C=O) groups is 1. The molecule has 9 nitrogen and oxygen atoms in total.